The fourth-order valence-electron chi connectivity index (χ4n) is 3.14. The quantitative estimate of drug-likeness (QED) is 0.314. The second-order valence-electron chi connectivity index (χ2n) is 7.07. The van der Waals surface area contributed by atoms with E-state index in [1.165, 1.54) is 23.1 Å². The van der Waals surface area contributed by atoms with Crippen LogP contribution in [0.3, 0.4) is 0 Å². The highest BCUT2D eigenvalue weighted by molar-refractivity contribution is 8.00. The Labute approximate surface area is 200 Å². The normalized spacial score (nSPS) is 11.5. The number of hydrogen-bond donors (Lipinski definition) is 2. The van der Waals surface area contributed by atoms with Crippen molar-refractivity contribution in [1.82, 2.24) is 10.2 Å². The highest BCUT2D eigenvalue weighted by Crippen LogP contribution is 2.36. The predicted octanol–water partition coefficient (Wildman–Crippen LogP) is 5.82. The number of benzene rings is 3. The standard InChI is InChI=1S/C25H22N4O2S2/c1-2-21-28-29-25(33-21)27-23(30)19-15-9-10-16-20(19)26-24(31)22(17-11-5-3-6-12-17)32-18-13-7-4-8-14-18/h3-16,22H,2H2,1H3,(H,26,31)(H,27,29,30). The first-order valence-electron chi connectivity index (χ1n) is 10.4. The van der Waals surface area contributed by atoms with E-state index >= 15 is 0 Å². The number of thioether (sulfide) groups is 1. The van der Waals surface area contributed by atoms with Crippen molar-refractivity contribution >= 4 is 45.7 Å². The Morgan fingerprint density at radius 3 is 2.24 bits per heavy atom. The van der Waals surface area contributed by atoms with Crippen LogP contribution in [-0.4, -0.2) is 22.0 Å². The number of aryl methyl sites for hydroxylation is 1. The van der Waals surface area contributed by atoms with Gasteiger partial charge in [-0.25, -0.2) is 0 Å². The third-order valence-corrected chi connectivity index (χ3v) is 7.01. The summed E-state index contributed by atoms with van der Waals surface area (Å²) in [5, 5.41) is 14.6. The molecule has 1 heterocycles. The number of hydrogen-bond acceptors (Lipinski definition) is 6. The van der Waals surface area contributed by atoms with E-state index in [1.54, 1.807) is 24.3 Å². The SMILES string of the molecule is CCc1nnc(NC(=O)c2ccccc2NC(=O)C(Sc2ccccc2)c2ccccc2)s1. The Morgan fingerprint density at radius 1 is 0.879 bits per heavy atom. The van der Waals surface area contributed by atoms with Gasteiger partial charge >= 0.3 is 0 Å². The molecule has 1 unspecified atom stereocenters. The van der Waals surface area contributed by atoms with Crippen LogP contribution in [-0.2, 0) is 11.2 Å². The Bertz CT molecular complexity index is 1230. The maximum absolute atomic E-state index is 13.4. The van der Waals surface area contributed by atoms with E-state index in [2.05, 4.69) is 20.8 Å². The molecule has 33 heavy (non-hydrogen) atoms. The molecular formula is C25H22N4O2S2. The first-order valence-corrected chi connectivity index (χ1v) is 12.1. The zero-order valence-electron chi connectivity index (χ0n) is 17.9. The Morgan fingerprint density at radius 2 is 1.55 bits per heavy atom. The lowest BCUT2D eigenvalue weighted by atomic mass is 10.1. The smallest absolute Gasteiger partial charge is 0.259 e. The molecule has 0 saturated heterocycles. The molecule has 0 aliphatic carbocycles. The van der Waals surface area contributed by atoms with Gasteiger partial charge in [0.1, 0.15) is 10.3 Å². The number of carbonyl (C=O) groups is 2. The van der Waals surface area contributed by atoms with E-state index in [9.17, 15) is 9.59 Å². The van der Waals surface area contributed by atoms with E-state index in [0.717, 1.165) is 21.9 Å². The van der Waals surface area contributed by atoms with Gasteiger partial charge in [-0.3, -0.25) is 14.9 Å². The summed E-state index contributed by atoms with van der Waals surface area (Å²) < 4.78 is 0. The number of nitrogens with one attached hydrogen (secondary N) is 2. The van der Waals surface area contributed by atoms with Gasteiger partial charge in [-0.15, -0.1) is 22.0 Å². The molecule has 0 saturated carbocycles. The van der Waals surface area contributed by atoms with Crippen molar-refractivity contribution in [2.24, 2.45) is 0 Å². The van der Waals surface area contributed by atoms with Crippen LogP contribution in [0.5, 0.6) is 0 Å². The van der Waals surface area contributed by atoms with E-state index in [4.69, 9.17) is 0 Å². The molecule has 2 amide bonds. The summed E-state index contributed by atoms with van der Waals surface area (Å²) in [6.45, 7) is 1.98. The fourth-order valence-corrected chi connectivity index (χ4v) is 4.86. The predicted molar refractivity (Wildman–Crippen MR) is 134 cm³/mol. The van der Waals surface area contributed by atoms with Crippen LogP contribution in [0.4, 0.5) is 10.8 Å². The van der Waals surface area contributed by atoms with Gasteiger partial charge in [0.25, 0.3) is 5.91 Å². The van der Waals surface area contributed by atoms with Crippen LogP contribution >= 0.6 is 23.1 Å². The summed E-state index contributed by atoms with van der Waals surface area (Å²) in [4.78, 5) is 27.3. The molecule has 0 aliphatic rings. The summed E-state index contributed by atoms with van der Waals surface area (Å²) in [6.07, 6.45) is 0.750. The summed E-state index contributed by atoms with van der Waals surface area (Å²) in [5.74, 6) is -0.559. The van der Waals surface area contributed by atoms with Gasteiger partial charge in [0.15, 0.2) is 0 Å². The maximum Gasteiger partial charge on any atom is 0.259 e. The van der Waals surface area contributed by atoms with Gasteiger partial charge < -0.3 is 5.32 Å². The third kappa shape index (κ3) is 5.85. The van der Waals surface area contributed by atoms with Crippen molar-refractivity contribution in [2.75, 3.05) is 10.6 Å². The molecular weight excluding hydrogens is 452 g/mol. The Balaban J connectivity index is 1.56. The Kier molecular flexibility index (Phi) is 7.49. The molecule has 0 fully saturated rings. The largest absolute Gasteiger partial charge is 0.324 e. The van der Waals surface area contributed by atoms with Crippen LogP contribution < -0.4 is 10.6 Å². The molecule has 0 radical (unpaired) electrons. The minimum absolute atomic E-state index is 0.209. The molecule has 0 bridgehead atoms. The van der Waals surface area contributed by atoms with Crippen molar-refractivity contribution in [3.05, 3.63) is 101 Å². The molecule has 4 rings (SSSR count). The van der Waals surface area contributed by atoms with E-state index < -0.39 is 5.25 Å². The van der Waals surface area contributed by atoms with E-state index in [0.29, 0.717) is 16.4 Å². The summed E-state index contributed by atoms with van der Waals surface area (Å²) in [5.41, 5.74) is 1.68. The number of rotatable bonds is 8. The first kappa shape index (κ1) is 22.7. The summed E-state index contributed by atoms with van der Waals surface area (Å²) >= 11 is 2.80. The number of para-hydroxylation sites is 1. The van der Waals surface area contributed by atoms with Crippen LogP contribution in [0.2, 0.25) is 0 Å². The van der Waals surface area contributed by atoms with Gasteiger partial charge in [-0.2, -0.15) is 0 Å². The molecule has 1 aromatic heterocycles. The number of carbonyl (C=O) groups excluding carboxylic acids is 2. The second kappa shape index (κ2) is 10.9. The average molecular weight is 475 g/mol. The average Bonchev–Trinajstić information content (AvgIpc) is 3.31. The van der Waals surface area contributed by atoms with Crippen LogP contribution in [0.15, 0.2) is 89.8 Å². The summed E-state index contributed by atoms with van der Waals surface area (Å²) in [7, 11) is 0. The van der Waals surface area contributed by atoms with E-state index in [-0.39, 0.29) is 11.8 Å². The molecule has 2 N–H and O–H groups in total. The van der Waals surface area contributed by atoms with Crippen LogP contribution in [0, 0.1) is 0 Å². The lowest BCUT2D eigenvalue weighted by Gasteiger charge is -2.18. The molecule has 3 aromatic carbocycles. The van der Waals surface area contributed by atoms with Gasteiger partial charge in [0, 0.05) is 4.90 Å². The van der Waals surface area contributed by atoms with Crippen molar-refractivity contribution < 1.29 is 9.59 Å². The van der Waals surface area contributed by atoms with Gasteiger partial charge in [-0.1, -0.05) is 78.9 Å². The van der Waals surface area contributed by atoms with Crippen LogP contribution in [0.1, 0.15) is 33.1 Å². The Hall–Kier alpha value is -3.49. The van der Waals surface area contributed by atoms with Crippen molar-refractivity contribution in [1.29, 1.82) is 0 Å². The maximum atomic E-state index is 13.4. The van der Waals surface area contributed by atoms with Crippen molar-refractivity contribution in [3.63, 3.8) is 0 Å². The van der Waals surface area contributed by atoms with Crippen molar-refractivity contribution in [3.8, 4) is 0 Å². The lowest BCUT2D eigenvalue weighted by molar-refractivity contribution is -0.115. The third-order valence-electron chi connectivity index (χ3n) is 4.76. The minimum atomic E-state index is -0.486. The van der Waals surface area contributed by atoms with Crippen LogP contribution in [0.25, 0.3) is 0 Å². The molecule has 1 atom stereocenters. The topological polar surface area (TPSA) is 84.0 Å². The number of nitrogens with zero attached hydrogens (tertiary/aromatic N) is 2. The van der Waals surface area contributed by atoms with Gasteiger partial charge in [0.2, 0.25) is 11.0 Å². The zero-order valence-corrected chi connectivity index (χ0v) is 19.5. The van der Waals surface area contributed by atoms with Gasteiger partial charge in [-0.05, 0) is 36.2 Å². The molecule has 0 aliphatic heterocycles. The molecule has 4 aromatic rings. The lowest BCUT2D eigenvalue weighted by Crippen LogP contribution is -2.22. The molecule has 166 valence electrons. The number of aromatic nitrogens is 2. The molecule has 6 nitrogen and oxygen atoms in total. The van der Waals surface area contributed by atoms with Crippen molar-refractivity contribution in [2.45, 2.75) is 23.5 Å². The number of amides is 2. The second-order valence-corrected chi connectivity index (χ2v) is 9.31. The van der Waals surface area contributed by atoms with Gasteiger partial charge in [0.05, 0.1) is 11.3 Å². The highest BCUT2D eigenvalue weighted by Gasteiger charge is 2.24. The fraction of sp³-hybridized carbons (Fsp3) is 0.120. The van der Waals surface area contributed by atoms with E-state index in [1.807, 2.05) is 67.6 Å². The number of anilines is 2. The zero-order chi connectivity index (χ0) is 23.0. The first-order chi connectivity index (χ1) is 16.1. The summed E-state index contributed by atoms with van der Waals surface area (Å²) in [6, 6.07) is 26.3. The molecule has 8 heteroatoms. The highest BCUT2D eigenvalue weighted by atomic mass is 32.2. The minimum Gasteiger partial charge on any atom is -0.324 e. The monoisotopic (exact) mass is 474 g/mol. The molecule has 0 spiro atoms.